The lowest BCUT2D eigenvalue weighted by molar-refractivity contribution is -0.139. The first-order valence-electron chi connectivity index (χ1n) is 5.84. The number of imide groups is 1. The van der Waals surface area contributed by atoms with Crippen molar-refractivity contribution in [3.05, 3.63) is 0 Å². The van der Waals surface area contributed by atoms with E-state index in [1.165, 1.54) is 30.8 Å². The minimum Gasteiger partial charge on any atom is -0.358 e. The number of hydrogen-bond donors (Lipinski definition) is 1. The largest absolute Gasteiger partial charge is 0.358 e. The Morgan fingerprint density at radius 1 is 1.42 bits per heavy atom. The molecule has 1 fully saturated rings. The van der Waals surface area contributed by atoms with Crippen molar-refractivity contribution in [1.29, 1.82) is 0 Å². The molecule has 8 nitrogen and oxygen atoms in total. The van der Waals surface area contributed by atoms with Gasteiger partial charge in [0.15, 0.2) is 0 Å². The van der Waals surface area contributed by atoms with E-state index in [0.717, 1.165) is 4.90 Å². The second-order valence-corrected chi connectivity index (χ2v) is 4.32. The van der Waals surface area contributed by atoms with E-state index in [2.05, 4.69) is 5.32 Å². The Morgan fingerprint density at radius 3 is 2.37 bits per heavy atom. The van der Waals surface area contributed by atoms with Crippen LogP contribution in [0.4, 0.5) is 4.79 Å². The maximum absolute atomic E-state index is 11.8. The number of urea groups is 1. The SMILES string of the molecule is CNC(=O)CN(C(C)=O)C(C)N1CC(=O)N(C)C1=O. The highest BCUT2D eigenvalue weighted by atomic mass is 16.2. The molecule has 1 heterocycles. The maximum Gasteiger partial charge on any atom is 0.328 e. The molecule has 1 N–H and O–H groups in total. The van der Waals surface area contributed by atoms with E-state index in [1.807, 2.05) is 0 Å². The lowest BCUT2D eigenvalue weighted by atomic mass is 10.3. The van der Waals surface area contributed by atoms with Crippen LogP contribution < -0.4 is 5.32 Å². The van der Waals surface area contributed by atoms with Crippen molar-refractivity contribution in [1.82, 2.24) is 20.0 Å². The number of amides is 5. The van der Waals surface area contributed by atoms with E-state index in [-0.39, 0.29) is 30.8 Å². The van der Waals surface area contributed by atoms with Crippen molar-refractivity contribution in [3.63, 3.8) is 0 Å². The summed E-state index contributed by atoms with van der Waals surface area (Å²) in [4.78, 5) is 49.7. The van der Waals surface area contributed by atoms with Crippen LogP contribution in [0.25, 0.3) is 0 Å². The van der Waals surface area contributed by atoms with Crippen LogP contribution in [0.15, 0.2) is 0 Å². The number of hydrogen-bond acceptors (Lipinski definition) is 4. The summed E-state index contributed by atoms with van der Waals surface area (Å²) in [5, 5.41) is 2.41. The molecular weight excluding hydrogens is 252 g/mol. The first-order chi connectivity index (χ1) is 8.79. The van der Waals surface area contributed by atoms with Gasteiger partial charge in [-0.1, -0.05) is 0 Å². The number of carbonyl (C=O) groups is 4. The van der Waals surface area contributed by atoms with Gasteiger partial charge < -0.3 is 10.2 Å². The van der Waals surface area contributed by atoms with Gasteiger partial charge in [0.2, 0.25) is 17.7 Å². The number of carbonyl (C=O) groups excluding carboxylic acids is 4. The zero-order valence-electron chi connectivity index (χ0n) is 11.5. The second kappa shape index (κ2) is 5.68. The molecule has 1 rings (SSSR count). The second-order valence-electron chi connectivity index (χ2n) is 4.32. The maximum atomic E-state index is 11.8. The van der Waals surface area contributed by atoms with Gasteiger partial charge in [-0.25, -0.2) is 4.79 Å². The average Bonchev–Trinajstić information content (AvgIpc) is 2.62. The fourth-order valence-corrected chi connectivity index (χ4v) is 1.82. The van der Waals surface area contributed by atoms with Crippen LogP contribution in [0.5, 0.6) is 0 Å². The van der Waals surface area contributed by atoms with Gasteiger partial charge in [-0.3, -0.25) is 24.2 Å². The van der Waals surface area contributed by atoms with Gasteiger partial charge in [-0.15, -0.1) is 0 Å². The van der Waals surface area contributed by atoms with E-state index in [9.17, 15) is 19.2 Å². The summed E-state index contributed by atoms with van der Waals surface area (Å²) in [5.74, 6) is -1.01. The van der Waals surface area contributed by atoms with Crippen molar-refractivity contribution in [2.75, 3.05) is 27.2 Å². The molecule has 1 saturated heterocycles. The summed E-state index contributed by atoms with van der Waals surface area (Å²) >= 11 is 0. The molecule has 0 aromatic rings. The minimum atomic E-state index is -0.656. The van der Waals surface area contributed by atoms with Gasteiger partial charge >= 0.3 is 6.03 Å². The monoisotopic (exact) mass is 270 g/mol. The molecule has 1 atom stereocenters. The molecule has 0 radical (unpaired) electrons. The van der Waals surface area contributed by atoms with Crippen LogP contribution >= 0.6 is 0 Å². The smallest absolute Gasteiger partial charge is 0.328 e. The Hall–Kier alpha value is -2.12. The summed E-state index contributed by atoms with van der Waals surface area (Å²) in [6.07, 6.45) is -0.656. The third-order valence-electron chi connectivity index (χ3n) is 3.11. The summed E-state index contributed by atoms with van der Waals surface area (Å²) in [6.45, 7) is 2.67. The van der Waals surface area contributed by atoms with Gasteiger partial charge in [0, 0.05) is 21.0 Å². The van der Waals surface area contributed by atoms with Crippen LogP contribution in [-0.2, 0) is 14.4 Å². The number of nitrogens with one attached hydrogen (secondary N) is 1. The Labute approximate surface area is 111 Å². The standard InChI is InChI=1S/C11H18N4O4/c1-7(14(8(2)16)5-9(17)12-3)15-6-10(18)13(4)11(15)19/h7H,5-6H2,1-4H3,(H,12,17). The number of likely N-dealkylation sites (N-methyl/N-ethyl adjacent to an activating group) is 2. The lowest BCUT2D eigenvalue weighted by Crippen LogP contribution is -2.52. The van der Waals surface area contributed by atoms with E-state index in [4.69, 9.17) is 0 Å². The molecule has 0 bridgehead atoms. The average molecular weight is 270 g/mol. The van der Waals surface area contributed by atoms with Gasteiger partial charge in [-0.05, 0) is 6.92 Å². The topological polar surface area (TPSA) is 90.0 Å². The van der Waals surface area contributed by atoms with Crippen molar-refractivity contribution in [2.45, 2.75) is 20.0 Å². The molecule has 0 aromatic heterocycles. The van der Waals surface area contributed by atoms with Gasteiger partial charge in [0.25, 0.3) is 0 Å². The summed E-state index contributed by atoms with van der Waals surface area (Å²) < 4.78 is 0. The molecule has 0 aromatic carbocycles. The van der Waals surface area contributed by atoms with Crippen LogP contribution in [-0.4, -0.2) is 71.8 Å². The summed E-state index contributed by atoms with van der Waals surface area (Å²) in [6, 6.07) is -0.472. The highest BCUT2D eigenvalue weighted by Crippen LogP contribution is 2.15. The molecule has 1 aliphatic rings. The Bertz CT molecular complexity index is 423. The van der Waals surface area contributed by atoms with Crippen LogP contribution in [0.1, 0.15) is 13.8 Å². The fraction of sp³-hybridized carbons (Fsp3) is 0.636. The fourth-order valence-electron chi connectivity index (χ4n) is 1.82. The number of rotatable bonds is 4. The Kier molecular flexibility index (Phi) is 4.47. The number of nitrogens with zero attached hydrogens (tertiary/aromatic N) is 3. The van der Waals surface area contributed by atoms with Crippen molar-refractivity contribution in [3.8, 4) is 0 Å². The van der Waals surface area contributed by atoms with E-state index < -0.39 is 12.2 Å². The molecule has 106 valence electrons. The highest BCUT2D eigenvalue weighted by molar-refractivity contribution is 6.02. The Balaban J connectivity index is 2.86. The Morgan fingerprint density at radius 2 is 2.00 bits per heavy atom. The van der Waals surface area contributed by atoms with Crippen LogP contribution in [0.3, 0.4) is 0 Å². The third kappa shape index (κ3) is 3.01. The lowest BCUT2D eigenvalue weighted by Gasteiger charge is -2.33. The van der Waals surface area contributed by atoms with E-state index in [1.54, 1.807) is 6.92 Å². The molecule has 1 unspecified atom stereocenters. The molecule has 0 spiro atoms. The zero-order valence-corrected chi connectivity index (χ0v) is 11.5. The van der Waals surface area contributed by atoms with Gasteiger partial charge in [0.1, 0.15) is 19.3 Å². The van der Waals surface area contributed by atoms with E-state index >= 15 is 0 Å². The van der Waals surface area contributed by atoms with Crippen LogP contribution in [0.2, 0.25) is 0 Å². The molecule has 0 saturated carbocycles. The van der Waals surface area contributed by atoms with E-state index in [0.29, 0.717) is 0 Å². The first-order valence-corrected chi connectivity index (χ1v) is 5.84. The third-order valence-corrected chi connectivity index (χ3v) is 3.11. The first kappa shape index (κ1) is 14.9. The zero-order chi connectivity index (χ0) is 14.7. The van der Waals surface area contributed by atoms with Crippen molar-refractivity contribution in [2.24, 2.45) is 0 Å². The van der Waals surface area contributed by atoms with Crippen molar-refractivity contribution < 1.29 is 19.2 Å². The van der Waals surface area contributed by atoms with Gasteiger partial charge in [0.05, 0.1) is 0 Å². The predicted molar refractivity (Wildman–Crippen MR) is 65.8 cm³/mol. The predicted octanol–water partition coefficient (Wildman–Crippen LogP) is -1.18. The molecule has 1 aliphatic heterocycles. The normalized spacial score (nSPS) is 16.6. The molecule has 19 heavy (non-hydrogen) atoms. The highest BCUT2D eigenvalue weighted by Gasteiger charge is 2.38. The molecular formula is C11H18N4O4. The summed E-state index contributed by atoms with van der Waals surface area (Å²) in [5.41, 5.74) is 0. The quantitative estimate of drug-likeness (QED) is 0.651. The minimum absolute atomic E-state index is 0.0893. The van der Waals surface area contributed by atoms with Gasteiger partial charge in [-0.2, -0.15) is 0 Å². The summed E-state index contributed by atoms with van der Waals surface area (Å²) in [7, 11) is 2.85. The van der Waals surface area contributed by atoms with Crippen molar-refractivity contribution >= 4 is 23.8 Å². The molecule has 0 aliphatic carbocycles. The molecule has 5 amide bonds. The molecule has 8 heteroatoms. The van der Waals surface area contributed by atoms with Crippen LogP contribution in [0, 0.1) is 0 Å².